The third-order valence-corrected chi connectivity index (χ3v) is 6.02. The van der Waals surface area contributed by atoms with E-state index in [0.29, 0.717) is 22.0 Å². The van der Waals surface area contributed by atoms with Gasteiger partial charge in [0.05, 0.1) is 25.6 Å². The Morgan fingerprint density at radius 1 is 1.00 bits per heavy atom. The summed E-state index contributed by atoms with van der Waals surface area (Å²) in [6, 6.07) is 22.3. The lowest BCUT2D eigenvalue weighted by molar-refractivity contribution is -0.138. The van der Waals surface area contributed by atoms with Gasteiger partial charge in [-0.25, -0.2) is 4.90 Å². The Labute approximate surface area is 197 Å². The van der Waals surface area contributed by atoms with Crippen LogP contribution in [0.4, 0.5) is 5.69 Å². The number of imide groups is 1. The predicted molar refractivity (Wildman–Crippen MR) is 126 cm³/mol. The molecule has 1 aliphatic rings. The lowest BCUT2D eigenvalue weighted by atomic mass is 10.1. The average Bonchev–Trinajstić information content (AvgIpc) is 3.12. The molecule has 0 radical (unpaired) electrons. The number of hydrogen-bond acceptors (Lipinski definition) is 4. The van der Waals surface area contributed by atoms with Crippen molar-refractivity contribution in [1.29, 1.82) is 0 Å². The fraction of sp³-hybridized carbons (Fsp3) is 0.192. The van der Waals surface area contributed by atoms with Crippen LogP contribution in [0.5, 0.6) is 5.75 Å². The minimum Gasteiger partial charge on any atom is -0.497 e. The second-order valence-corrected chi connectivity index (χ2v) is 8.17. The number of anilines is 1. The molecule has 33 heavy (non-hydrogen) atoms. The number of nitrogens with zero attached hydrogens (tertiary/aromatic N) is 2. The molecule has 7 heteroatoms. The fourth-order valence-corrected chi connectivity index (χ4v) is 4.11. The van der Waals surface area contributed by atoms with Crippen molar-refractivity contribution in [3.8, 4) is 5.75 Å². The Morgan fingerprint density at radius 3 is 2.33 bits per heavy atom. The van der Waals surface area contributed by atoms with Gasteiger partial charge in [0.15, 0.2) is 0 Å². The van der Waals surface area contributed by atoms with Gasteiger partial charge in [0.2, 0.25) is 11.8 Å². The van der Waals surface area contributed by atoms with Gasteiger partial charge in [-0.3, -0.25) is 14.4 Å². The van der Waals surface area contributed by atoms with Gasteiger partial charge in [-0.2, -0.15) is 0 Å². The van der Waals surface area contributed by atoms with Crippen LogP contribution in [-0.4, -0.2) is 35.8 Å². The molecular formula is C26H23ClN2O4. The molecule has 3 aromatic rings. The highest BCUT2D eigenvalue weighted by Gasteiger charge is 2.44. The first-order valence-electron chi connectivity index (χ1n) is 10.6. The van der Waals surface area contributed by atoms with Crippen LogP contribution in [0.1, 0.15) is 17.5 Å². The highest BCUT2D eigenvalue weighted by molar-refractivity contribution is 6.31. The number of ether oxygens (including phenoxy) is 1. The minimum absolute atomic E-state index is 0.0875. The molecule has 3 aromatic carbocycles. The van der Waals surface area contributed by atoms with Crippen molar-refractivity contribution in [1.82, 2.24) is 4.90 Å². The summed E-state index contributed by atoms with van der Waals surface area (Å²) in [6.45, 7) is 0.130. The van der Waals surface area contributed by atoms with Gasteiger partial charge in [-0.15, -0.1) is 0 Å². The summed E-state index contributed by atoms with van der Waals surface area (Å²) in [5, 5.41) is 0.499. The first-order valence-corrected chi connectivity index (χ1v) is 10.9. The largest absolute Gasteiger partial charge is 0.497 e. The van der Waals surface area contributed by atoms with E-state index in [2.05, 4.69) is 0 Å². The van der Waals surface area contributed by atoms with Gasteiger partial charge in [0.25, 0.3) is 5.91 Å². The van der Waals surface area contributed by atoms with Crippen LogP contribution >= 0.6 is 11.6 Å². The van der Waals surface area contributed by atoms with Crippen LogP contribution in [0.3, 0.4) is 0 Å². The number of benzene rings is 3. The maximum atomic E-state index is 13.4. The first-order chi connectivity index (χ1) is 16.0. The normalized spacial score (nSPS) is 15.6. The molecule has 168 valence electrons. The second kappa shape index (κ2) is 9.88. The van der Waals surface area contributed by atoms with E-state index in [9.17, 15) is 14.4 Å². The van der Waals surface area contributed by atoms with Crippen LogP contribution in [0.25, 0.3) is 0 Å². The molecule has 0 aromatic heterocycles. The van der Waals surface area contributed by atoms with E-state index >= 15 is 0 Å². The smallest absolute Gasteiger partial charge is 0.257 e. The summed E-state index contributed by atoms with van der Waals surface area (Å²) in [5.74, 6) is -0.415. The summed E-state index contributed by atoms with van der Waals surface area (Å²) in [5.41, 5.74) is 1.99. The molecule has 4 rings (SSSR count). The van der Waals surface area contributed by atoms with Gasteiger partial charge in [0, 0.05) is 11.6 Å². The summed E-state index contributed by atoms with van der Waals surface area (Å²) < 4.78 is 5.16. The highest BCUT2D eigenvalue weighted by atomic mass is 35.5. The van der Waals surface area contributed by atoms with Gasteiger partial charge < -0.3 is 9.64 Å². The van der Waals surface area contributed by atoms with Crippen LogP contribution in [0.2, 0.25) is 5.02 Å². The zero-order chi connectivity index (χ0) is 23.4. The molecule has 1 aliphatic heterocycles. The molecule has 1 unspecified atom stereocenters. The molecule has 1 heterocycles. The molecule has 1 atom stereocenters. The lowest BCUT2D eigenvalue weighted by Gasteiger charge is -2.28. The molecule has 0 aliphatic carbocycles. The Morgan fingerprint density at radius 2 is 1.67 bits per heavy atom. The molecule has 1 fully saturated rings. The van der Waals surface area contributed by atoms with Gasteiger partial charge in [-0.1, -0.05) is 60.1 Å². The molecule has 1 saturated heterocycles. The van der Waals surface area contributed by atoms with E-state index in [1.807, 2.05) is 42.5 Å². The molecule has 0 N–H and O–H groups in total. The van der Waals surface area contributed by atoms with E-state index in [0.717, 1.165) is 10.5 Å². The van der Waals surface area contributed by atoms with Crippen molar-refractivity contribution in [3.63, 3.8) is 0 Å². The zero-order valence-corrected chi connectivity index (χ0v) is 18.9. The van der Waals surface area contributed by atoms with Crippen molar-refractivity contribution in [2.24, 2.45) is 0 Å². The molecule has 0 spiro atoms. The number of halogens is 1. The van der Waals surface area contributed by atoms with Crippen LogP contribution in [0, 0.1) is 0 Å². The Bertz CT molecular complexity index is 1160. The van der Waals surface area contributed by atoms with Crippen molar-refractivity contribution in [3.05, 3.63) is 95.0 Å². The van der Waals surface area contributed by atoms with Crippen molar-refractivity contribution < 1.29 is 19.1 Å². The molecule has 6 nitrogen and oxygen atoms in total. The van der Waals surface area contributed by atoms with Crippen LogP contribution < -0.4 is 9.64 Å². The molecule has 0 bridgehead atoms. The van der Waals surface area contributed by atoms with Crippen molar-refractivity contribution in [2.45, 2.75) is 25.4 Å². The molecule has 0 saturated carbocycles. The maximum Gasteiger partial charge on any atom is 0.257 e. The summed E-state index contributed by atoms with van der Waals surface area (Å²) >= 11 is 6.35. The van der Waals surface area contributed by atoms with Gasteiger partial charge in [0.1, 0.15) is 11.8 Å². The fourth-order valence-electron chi connectivity index (χ4n) is 3.92. The maximum absolute atomic E-state index is 13.4. The van der Waals surface area contributed by atoms with E-state index in [1.54, 1.807) is 43.5 Å². The van der Waals surface area contributed by atoms with E-state index in [-0.39, 0.29) is 31.2 Å². The second-order valence-electron chi connectivity index (χ2n) is 7.76. The highest BCUT2D eigenvalue weighted by Crippen LogP contribution is 2.29. The third-order valence-electron chi connectivity index (χ3n) is 5.65. The Kier molecular flexibility index (Phi) is 6.75. The van der Waals surface area contributed by atoms with Crippen LogP contribution in [-0.2, 0) is 27.3 Å². The Balaban J connectivity index is 1.64. The standard InChI is InChI=1S/C26H23ClN2O4/c1-33-21-13-11-20(12-14-21)29-25(31)16-23(26(29)32)28(17-19-9-5-6-10-22(19)27)24(30)15-18-7-3-2-4-8-18/h2-14,23H,15-17H2,1H3. The van der Waals surface area contributed by atoms with Gasteiger partial charge >= 0.3 is 0 Å². The minimum atomic E-state index is -0.910. The summed E-state index contributed by atoms with van der Waals surface area (Å²) in [4.78, 5) is 42.2. The summed E-state index contributed by atoms with van der Waals surface area (Å²) in [7, 11) is 1.54. The topological polar surface area (TPSA) is 66.9 Å². The zero-order valence-electron chi connectivity index (χ0n) is 18.1. The van der Waals surface area contributed by atoms with E-state index in [1.165, 1.54) is 4.90 Å². The van der Waals surface area contributed by atoms with Crippen molar-refractivity contribution in [2.75, 3.05) is 12.0 Å². The third kappa shape index (κ3) is 4.91. The molecular weight excluding hydrogens is 440 g/mol. The van der Waals surface area contributed by atoms with E-state index in [4.69, 9.17) is 16.3 Å². The van der Waals surface area contributed by atoms with Gasteiger partial charge in [-0.05, 0) is 41.5 Å². The first kappa shape index (κ1) is 22.6. The van der Waals surface area contributed by atoms with Crippen LogP contribution in [0.15, 0.2) is 78.9 Å². The number of carbonyl (C=O) groups excluding carboxylic acids is 3. The monoisotopic (exact) mass is 462 g/mol. The Hall–Kier alpha value is -3.64. The predicted octanol–water partition coefficient (Wildman–Crippen LogP) is 4.25. The summed E-state index contributed by atoms with van der Waals surface area (Å²) in [6.07, 6.45) is 0.0294. The SMILES string of the molecule is COc1ccc(N2C(=O)CC(N(Cc3ccccc3Cl)C(=O)Cc3ccccc3)C2=O)cc1. The van der Waals surface area contributed by atoms with Crippen molar-refractivity contribution >= 4 is 35.0 Å². The van der Waals surface area contributed by atoms with E-state index < -0.39 is 11.9 Å². The number of amides is 3. The quantitative estimate of drug-likeness (QED) is 0.492. The average molecular weight is 463 g/mol. The number of rotatable bonds is 7. The lowest BCUT2D eigenvalue weighted by Crippen LogP contribution is -2.45. The number of hydrogen-bond donors (Lipinski definition) is 0. The number of carbonyl (C=O) groups is 3. The number of methoxy groups -OCH3 is 1. The molecule has 3 amide bonds.